The van der Waals surface area contributed by atoms with E-state index in [9.17, 15) is 9.18 Å². The lowest BCUT2D eigenvalue weighted by molar-refractivity contribution is 0.0945. The summed E-state index contributed by atoms with van der Waals surface area (Å²) in [6, 6.07) is 11.7. The molecule has 4 rings (SSSR count). The zero-order valence-corrected chi connectivity index (χ0v) is 14.8. The Morgan fingerprint density at radius 1 is 1.04 bits per heavy atom. The highest BCUT2D eigenvalue weighted by molar-refractivity contribution is 5.92. The number of hydrogen-bond donors (Lipinski definition) is 2. The van der Waals surface area contributed by atoms with Crippen LogP contribution in [-0.4, -0.2) is 29.1 Å². The topological polar surface area (TPSA) is 85.4 Å². The first-order chi connectivity index (χ1) is 13.7. The molecular weight excluding hydrogens is 363 g/mol. The van der Waals surface area contributed by atoms with Crippen molar-refractivity contribution in [1.82, 2.24) is 15.3 Å². The zero-order chi connectivity index (χ0) is 19.3. The van der Waals surface area contributed by atoms with Gasteiger partial charge in [-0.05, 0) is 18.2 Å². The third-order valence-electron chi connectivity index (χ3n) is 4.10. The maximum atomic E-state index is 13.6. The van der Waals surface area contributed by atoms with Gasteiger partial charge in [-0.3, -0.25) is 4.79 Å². The second-order valence-corrected chi connectivity index (χ2v) is 6.04. The maximum Gasteiger partial charge on any atom is 0.271 e. The van der Waals surface area contributed by atoms with Gasteiger partial charge in [0, 0.05) is 23.9 Å². The summed E-state index contributed by atoms with van der Waals surface area (Å²) in [5.41, 5.74) is 1.31. The molecule has 2 aromatic carbocycles. The van der Waals surface area contributed by atoms with Gasteiger partial charge in [0.15, 0.2) is 11.5 Å². The minimum absolute atomic E-state index is 0.0738. The van der Waals surface area contributed by atoms with Crippen molar-refractivity contribution in [2.75, 3.05) is 18.5 Å². The summed E-state index contributed by atoms with van der Waals surface area (Å²) in [5.74, 6) is 1.04. The maximum absolute atomic E-state index is 13.6. The van der Waals surface area contributed by atoms with Crippen molar-refractivity contribution in [3.05, 3.63) is 71.9 Å². The number of anilines is 2. The fourth-order valence-electron chi connectivity index (χ4n) is 2.69. The van der Waals surface area contributed by atoms with Crippen LogP contribution in [0.3, 0.4) is 0 Å². The first-order valence-corrected chi connectivity index (χ1v) is 8.69. The van der Waals surface area contributed by atoms with Crippen molar-refractivity contribution in [3.8, 4) is 11.5 Å². The lowest BCUT2D eigenvalue weighted by Gasteiger charge is -2.19. The van der Waals surface area contributed by atoms with E-state index < -0.39 is 5.91 Å². The molecule has 142 valence electrons. The summed E-state index contributed by atoms with van der Waals surface area (Å²) >= 11 is 0. The molecule has 1 aromatic heterocycles. The minimum atomic E-state index is -0.429. The van der Waals surface area contributed by atoms with Gasteiger partial charge in [0.25, 0.3) is 5.91 Å². The number of benzene rings is 2. The smallest absolute Gasteiger partial charge is 0.271 e. The number of nitrogens with one attached hydrogen (secondary N) is 2. The van der Waals surface area contributed by atoms with E-state index >= 15 is 0 Å². The molecule has 0 radical (unpaired) electrons. The molecule has 0 fully saturated rings. The molecule has 28 heavy (non-hydrogen) atoms. The number of fused-ring (bicyclic) bond motifs is 1. The zero-order valence-electron chi connectivity index (χ0n) is 14.8. The van der Waals surface area contributed by atoms with Crippen LogP contribution in [0.4, 0.5) is 15.9 Å². The van der Waals surface area contributed by atoms with Crippen LogP contribution < -0.4 is 20.1 Å². The fraction of sp³-hybridized carbons (Fsp3) is 0.150. The number of hydrogen-bond acceptors (Lipinski definition) is 6. The number of amides is 1. The summed E-state index contributed by atoms with van der Waals surface area (Å²) in [6.45, 7) is 1.11. The largest absolute Gasteiger partial charge is 0.486 e. The van der Waals surface area contributed by atoms with Crippen molar-refractivity contribution >= 4 is 17.4 Å². The Labute approximate surface area is 160 Å². The average Bonchev–Trinajstić information content (AvgIpc) is 2.73. The molecule has 0 aliphatic carbocycles. The average molecular weight is 380 g/mol. The third kappa shape index (κ3) is 4.01. The highest BCUT2D eigenvalue weighted by Gasteiger charge is 2.13. The van der Waals surface area contributed by atoms with E-state index in [4.69, 9.17) is 9.47 Å². The van der Waals surface area contributed by atoms with Crippen molar-refractivity contribution in [2.24, 2.45) is 0 Å². The van der Waals surface area contributed by atoms with Crippen molar-refractivity contribution in [1.29, 1.82) is 0 Å². The van der Waals surface area contributed by atoms with Crippen LogP contribution in [0.2, 0.25) is 0 Å². The Morgan fingerprint density at radius 3 is 2.64 bits per heavy atom. The van der Waals surface area contributed by atoms with E-state index in [2.05, 4.69) is 20.6 Å². The molecule has 7 nitrogen and oxygen atoms in total. The fourth-order valence-corrected chi connectivity index (χ4v) is 2.69. The third-order valence-corrected chi connectivity index (χ3v) is 4.10. The number of rotatable bonds is 5. The standard InChI is InChI=1S/C20H17FN4O3/c21-15-4-2-1-3-13(15)10-24-20(26)16-11-23-19(12-22-16)25-14-5-6-17-18(9-14)28-8-7-27-17/h1-6,9,11-12H,7-8,10H2,(H,23,25)(H,24,26). The first-order valence-electron chi connectivity index (χ1n) is 8.69. The van der Waals surface area contributed by atoms with Crippen LogP contribution >= 0.6 is 0 Å². The van der Waals surface area contributed by atoms with Gasteiger partial charge in [-0.1, -0.05) is 18.2 Å². The number of aromatic nitrogens is 2. The van der Waals surface area contributed by atoms with E-state index in [0.29, 0.717) is 36.1 Å². The number of nitrogens with zero attached hydrogens (tertiary/aromatic N) is 2. The molecule has 0 spiro atoms. The van der Waals surface area contributed by atoms with Crippen LogP contribution in [0.1, 0.15) is 16.1 Å². The predicted molar refractivity (Wildman–Crippen MR) is 100 cm³/mol. The minimum Gasteiger partial charge on any atom is -0.486 e. The van der Waals surface area contributed by atoms with E-state index in [0.717, 1.165) is 5.69 Å². The van der Waals surface area contributed by atoms with E-state index in [1.54, 1.807) is 18.2 Å². The Kier molecular flexibility index (Phi) is 5.01. The Balaban J connectivity index is 1.38. The molecule has 2 heterocycles. The van der Waals surface area contributed by atoms with Crippen LogP contribution in [0.25, 0.3) is 0 Å². The molecule has 0 bridgehead atoms. The summed E-state index contributed by atoms with van der Waals surface area (Å²) in [7, 11) is 0. The van der Waals surface area contributed by atoms with Gasteiger partial charge in [-0.25, -0.2) is 14.4 Å². The monoisotopic (exact) mass is 380 g/mol. The number of halogens is 1. The van der Waals surface area contributed by atoms with Crippen LogP contribution in [0.15, 0.2) is 54.9 Å². The van der Waals surface area contributed by atoms with E-state index in [1.807, 2.05) is 18.2 Å². The van der Waals surface area contributed by atoms with Gasteiger partial charge in [0.05, 0.1) is 12.4 Å². The number of carbonyl (C=O) groups excluding carboxylic acids is 1. The van der Waals surface area contributed by atoms with Crippen LogP contribution in [0, 0.1) is 5.82 Å². The SMILES string of the molecule is O=C(NCc1ccccc1F)c1cnc(Nc2ccc3c(c2)OCCO3)cn1. The van der Waals surface area contributed by atoms with Gasteiger partial charge in [-0.15, -0.1) is 0 Å². The molecule has 0 unspecified atom stereocenters. The Bertz CT molecular complexity index is 995. The van der Waals surface area contributed by atoms with Crippen LogP contribution in [-0.2, 0) is 6.54 Å². The number of ether oxygens (including phenoxy) is 2. The van der Waals surface area contributed by atoms with Gasteiger partial charge < -0.3 is 20.1 Å². The molecule has 8 heteroatoms. The van der Waals surface area contributed by atoms with Gasteiger partial charge in [0.2, 0.25) is 0 Å². The normalized spacial score (nSPS) is 12.3. The van der Waals surface area contributed by atoms with E-state index in [-0.39, 0.29) is 18.1 Å². The summed E-state index contributed by atoms with van der Waals surface area (Å²) in [5, 5.41) is 5.72. The highest BCUT2D eigenvalue weighted by Crippen LogP contribution is 2.33. The summed E-state index contributed by atoms with van der Waals surface area (Å²) in [4.78, 5) is 20.5. The van der Waals surface area contributed by atoms with Gasteiger partial charge in [0.1, 0.15) is 30.5 Å². The molecule has 0 saturated carbocycles. The van der Waals surface area contributed by atoms with Crippen molar-refractivity contribution in [2.45, 2.75) is 6.54 Å². The second kappa shape index (κ2) is 7.91. The quantitative estimate of drug-likeness (QED) is 0.708. The Morgan fingerprint density at radius 2 is 1.86 bits per heavy atom. The number of carbonyl (C=O) groups is 1. The molecule has 1 aliphatic rings. The van der Waals surface area contributed by atoms with Crippen molar-refractivity contribution in [3.63, 3.8) is 0 Å². The predicted octanol–water partition coefficient (Wildman–Crippen LogP) is 3.06. The molecular formula is C20H17FN4O3. The lowest BCUT2D eigenvalue weighted by Crippen LogP contribution is -2.24. The first kappa shape index (κ1) is 17.7. The Hall–Kier alpha value is -3.68. The summed E-state index contributed by atoms with van der Waals surface area (Å²) < 4.78 is 24.6. The molecule has 0 saturated heterocycles. The molecule has 1 aliphatic heterocycles. The molecule has 1 amide bonds. The summed E-state index contributed by atoms with van der Waals surface area (Å²) in [6.07, 6.45) is 2.81. The van der Waals surface area contributed by atoms with Crippen LogP contribution in [0.5, 0.6) is 11.5 Å². The van der Waals surface area contributed by atoms with Gasteiger partial charge in [-0.2, -0.15) is 0 Å². The van der Waals surface area contributed by atoms with Gasteiger partial charge >= 0.3 is 0 Å². The van der Waals surface area contributed by atoms with Crippen molar-refractivity contribution < 1.29 is 18.7 Å². The molecule has 3 aromatic rings. The lowest BCUT2D eigenvalue weighted by atomic mass is 10.2. The van der Waals surface area contributed by atoms with E-state index in [1.165, 1.54) is 18.5 Å². The highest BCUT2D eigenvalue weighted by atomic mass is 19.1. The second-order valence-electron chi connectivity index (χ2n) is 6.04. The molecule has 0 atom stereocenters. The molecule has 2 N–H and O–H groups in total.